The summed E-state index contributed by atoms with van der Waals surface area (Å²) in [4.78, 5) is 4.47. The van der Waals surface area contributed by atoms with Crippen molar-refractivity contribution >= 4 is 50.2 Å². The van der Waals surface area contributed by atoms with Crippen molar-refractivity contribution in [2.24, 2.45) is 5.10 Å². The molecule has 0 spiro atoms. The number of nitrogens with zero attached hydrogens (tertiary/aromatic N) is 2. The summed E-state index contributed by atoms with van der Waals surface area (Å²) in [7, 11) is 0. The second kappa shape index (κ2) is 7.12. The Morgan fingerprint density at radius 1 is 1.22 bits per heavy atom. The molecule has 0 radical (unpaired) electrons. The standard InChI is InChI=1S/C16H11BrClN3OS/c17-15-11(14(22)7-6-12(15)18)8-19-21-16-20-13(9-23-16)10-4-2-1-3-5-10/h1-9,22H,(H,20,21). The van der Waals surface area contributed by atoms with Crippen LogP contribution >= 0.6 is 38.9 Å². The number of anilines is 1. The quantitative estimate of drug-likeness (QED) is 0.450. The van der Waals surface area contributed by atoms with Gasteiger partial charge >= 0.3 is 0 Å². The van der Waals surface area contributed by atoms with Crippen LogP contribution < -0.4 is 5.43 Å². The summed E-state index contributed by atoms with van der Waals surface area (Å²) in [6.07, 6.45) is 1.49. The highest BCUT2D eigenvalue weighted by atomic mass is 79.9. The zero-order valence-corrected chi connectivity index (χ0v) is 14.9. The molecule has 0 bridgehead atoms. The molecule has 1 aromatic heterocycles. The van der Waals surface area contributed by atoms with Crippen LogP contribution in [0.25, 0.3) is 11.3 Å². The minimum Gasteiger partial charge on any atom is -0.507 e. The molecule has 23 heavy (non-hydrogen) atoms. The van der Waals surface area contributed by atoms with Crippen molar-refractivity contribution < 1.29 is 5.11 Å². The van der Waals surface area contributed by atoms with E-state index in [1.165, 1.54) is 23.6 Å². The highest BCUT2D eigenvalue weighted by Crippen LogP contribution is 2.31. The number of hydrogen-bond acceptors (Lipinski definition) is 5. The smallest absolute Gasteiger partial charge is 0.203 e. The van der Waals surface area contributed by atoms with E-state index in [2.05, 4.69) is 31.4 Å². The number of halogens is 2. The molecule has 0 saturated heterocycles. The summed E-state index contributed by atoms with van der Waals surface area (Å²) in [5.41, 5.74) is 5.30. The molecule has 0 fully saturated rings. The Hall–Kier alpha value is -1.89. The lowest BCUT2D eigenvalue weighted by Gasteiger charge is -2.03. The summed E-state index contributed by atoms with van der Waals surface area (Å²) >= 11 is 10.8. The van der Waals surface area contributed by atoms with Gasteiger partial charge in [0.15, 0.2) is 0 Å². The van der Waals surface area contributed by atoms with Gasteiger partial charge in [0.25, 0.3) is 0 Å². The Kier molecular flexibility index (Phi) is 4.95. The molecule has 2 N–H and O–H groups in total. The van der Waals surface area contributed by atoms with Crippen molar-refractivity contribution in [2.75, 3.05) is 5.43 Å². The van der Waals surface area contributed by atoms with E-state index in [-0.39, 0.29) is 5.75 Å². The Bertz CT molecular complexity index is 852. The van der Waals surface area contributed by atoms with Crippen molar-refractivity contribution in [3.8, 4) is 17.0 Å². The first-order valence-corrected chi connectivity index (χ1v) is 8.67. The number of phenols is 1. The SMILES string of the molecule is Oc1ccc(Cl)c(Br)c1C=NNc1nc(-c2ccccc2)cs1. The molecule has 0 aliphatic heterocycles. The van der Waals surface area contributed by atoms with E-state index in [1.54, 1.807) is 6.07 Å². The number of thiazole rings is 1. The summed E-state index contributed by atoms with van der Waals surface area (Å²) in [5.74, 6) is 0.0935. The van der Waals surface area contributed by atoms with Gasteiger partial charge in [-0.1, -0.05) is 41.9 Å². The molecule has 0 atom stereocenters. The third kappa shape index (κ3) is 3.72. The lowest BCUT2D eigenvalue weighted by molar-refractivity contribution is 0.474. The van der Waals surface area contributed by atoms with Crippen LogP contribution in [0.2, 0.25) is 5.02 Å². The molecule has 0 unspecified atom stereocenters. The fourth-order valence-corrected chi connectivity index (χ4v) is 3.17. The Morgan fingerprint density at radius 2 is 2.00 bits per heavy atom. The zero-order valence-electron chi connectivity index (χ0n) is 11.7. The number of aromatic nitrogens is 1. The lowest BCUT2D eigenvalue weighted by atomic mass is 10.2. The summed E-state index contributed by atoms with van der Waals surface area (Å²) in [5, 5.41) is 17.1. The Balaban J connectivity index is 1.75. The highest BCUT2D eigenvalue weighted by molar-refractivity contribution is 9.10. The van der Waals surface area contributed by atoms with E-state index >= 15 is 0 Å². The van der Waals surface area contributed by atoms with Crippen LogP contribution in [0.4, 0.5) is 5.13 Å². The van der Waals surface area contributed by atoms with Crippen LogP contribution in [0.5, 0.6) is 5.75 Å². The summed E-state index contributed by atoms with van der Waals surface area (Å²) < 4.78 is 0.592. The second-order valence-corrected chi connectivity index (χ2v) is 6.63. The van der Waals surface area contributed by atoms with Gasteiger partial charge in [0.2, 0.25) is 5.13 Å². The van der Waals surface area contributed by atoms with Crippen LogP contribution in [0, 0.1) is 0 Å². The molecule has 1 heterocycles. The van der Waals surface area contributed by atoms with E-state index in [0.717, 1.165) is 11.3 Å². The number of nitrogens with one attached hydrogen (secondary N) is 1. The molecule has 0 saturated carbocycles. The Labute approximate surface area is 150 Å². The maximum Gasteiger partial charge on any atom is 0.203 e. The summed E-state index contributed by atoms with van der Waals surface area (Å²) in [6.45, 7) is 0. The molecule has 0 aliphatic rings. The number of aromatic hydroxyl groups is 1. The molecule has 2 aromatic carbocycles. The monoisotopic (exact) mass is 407 g/mol. The van der Waals surface area contributed by atoms with Gasteiger partial charge in [-0.2, -0.15) is 5.10 Å². The van der Waals surface area contributed by atoms with Gasteiger partial charge in [-0.15, -0.1) is 11.3 Å². The first kappa shape index (κ1) is 16.0. The molecule has 116 valence electrons. The fraction of sp³-hybridized carbons (Fsp3) is 0. The van der Waals surface area contributed by atoms with Gasteiger partial charge < -0.3 is 5.11 Å². The summed E-state index contributed by atoms with van der Waals surface area (Å²) in [6, 6.07) is 13.0. The molecule has 3 rings (SSSR count). The maximum absolute atomic E-state index is 9.85. The van der Waals surface area contributed by atoms with Gasteiger partial charge in [-0.3, -0.25) is 5.43 Å². The van der Waals surface area contributed by atoms with Gasteiger partial charge in [0, 0.05) is 15.4 Å². The first-order chi connectivity index (χ1) is 11.1. The van der Waals surface area contributed by atoms with Crippen LogP contribution in [0.15, 0.2) is 57.4 Å². The van der Waals surface area contributed by atoms with Crippen molar-refractivity contribution in [1.29, 1.82) is 0 Å². The van der Waals surface area contributed by atoms with E-state index in [0.29, 0.717) is 20.2 Å². The molecule has 3 aromatic rings. The van der Waals surface area contributed by atoms with Crippen LogP contribution in [-0.2, 0) is 0 Å². The van der Waals surface area contributed by atoms with Crippen LogP contribution in [-0.4, -0.2) is 16.3 Å². The average molecular weight is 409 g/mol. The molecule has 4 nitrogen and oxygen atoms in total. The van der Waals surface area contributed by atoms with Gasteiger partial charge in [0.1, 0.15) is 5.75 Å². The van der Waals surface area contributed by atoms with E-state index < -0.39 is 0 Å². The average Bonchev–Trinajstić information content (AvgIpc) is 3.04. The third-order valence-corrected chi connectivity index (χ3v) is 5.18. The molecular formula is C16H11BrClN3OS. The van der Waals surface area contributed by atoms with Gasteiger partial charge in [0.05, 0.1) is 22.5 Å². The number of rotatable bonds is 4. The second-order valence-electron chi connectivity index (χ2n) is 4.57. The predicted octanol–water partition coefficient (Wildman–Crippen LogP) is 5.38. The topological polar surface area (TPSA) is 57.5 Å². The fourth-order valence-electron chi connectivity index (χ4n) is 1.90. The largest absolute Gasteiger partial charge is 0.507 e. The predicted molar refractivity (Wildman–Crippen MR) is 99.6 cm³/mol. The molecule has 0 aliphatic carbocycles. The minimum absolute atomic E-state index is 0.0935. The van der Waals surface area contributed by atoms with Crippen molar-refractivity contribution in [3.05, 3.63) is 62.9 Å². The normalized spacial score (nSPS) is 11.0. The maximum atomic E-state index is 9.85. The van der Waals surface area contributed by atoms with Crippen LogP contribution in [0.3, 0.4) is 0 Å². The first-order valence-electron chi connectivity index (χ1n) is 6.62. The molecular weight excluding hydrogens is 398 g/mol. The number of phenolic OH excluding ortho intramolecular Hbond substituents is 1. The molecule has 0 amide bonds. The van der Waals surface area contributed by atoms with Gasteiger partial charge in [-0.25, -0.2) is 4.98 Å². The molecule has 7 heteroatoms. The van der Waals surface area contributed by atoms with Gasteiger partial charge in [-0.05, 0) is 28.1 Å². The van der Waals surface area contributed by atoms with Crippen molar-refractivity contribution in [1.82, 2.24) is 4.98 Å². The number of hydrazone groups is 1. The number of benzene rings is 2. The van der Waals surface area contributed by atoms with E-state index in [9.17, 15) is 5.11 Å². The minimum atomic E-state index is 0.0935. The highest BCUT2D eigenvalue weighted by Gasteiger charge is 2.08. The Morgan fingerprint density at radius 3 is 2.78 bits per heavy atom. The van der Waals surface area contributed by atoms with Crippen molar-refractivity contribution in [2.45, 2.75) is 0 Å². The van der Waals surface area contributed by atoms with Crippen LogP contribution in [0.1, 0.15) is 5.56 Å². The van der Waals surface area contributed by atoms with E-state index in [1.807, 2.05) is 35.7 Å². The van der Waals surface area contributed by atoms with Crippen molar-refractivity contribution in [3.63, 3.8) is 0 Å². The third-order valence-electron chi connectivity index (χ3n) is 3.04. The lowest BCUT2D eigenvalue weighted by Crippen LogP contribution is -1.92. The number of hydrogen-bond donors (Lipinski definition) is 2. The van der Waals surface area contributed by atoms with E-state index in [4.69, 9.17) is 11.6 Å². The zero-order chi connectivity index (χ0) is 16.2.